The highest BCUT2D eigenvalue weighted by atomic mass is 19.1. The number of benzene rings is 3. The van der Waals surface area contributed by atoms with Gasteiger partial charge in [0.05, 0.1) is 29.3 Å². The van der Waals surface area contributed by atoms with Crippen LogP contribution in [0.25, 0.3) is 11.8 Å². The third kappa shape index (κ3) is 6.41. The van der Waals surface area contributed by atoms with Gasteiger partial charge < -0.3 is 10.4 Å². The zero-order valence-corrected chi connectivity index (χ0v) is 22.1. The molecule has 13 nitrogen and oxygen atoms in total. The lowest BCUT2D eigenvalue weighted by molar-refractivity contribution is -0.385. The molecule has 218 valence electrons. The molecule has 0 aliphatic heterocycles. The Hall–Kier alpha value is -5.83. The fourth-order valence-corrected chi connectivity index (χ4v) is 4.39. The summed E-state index contributed by atoms with van der Waals surface area (Å²) in [6.45, 7) is -0.809. The van der Waals surface area contributed by atoms with E-state index in [1.165, 1.54) is 76.8 Å². The minimum Gasteiger partial charge on any atom is -0.381 e. The molecular formula is C28H22F2N8O5. The number of carbonyl (C=O) groups is 1. The van der Waals surface area contributed by atoms with E-state index < -0.39 is 40.3 Å². The molecule has 0 saturated carbocycles. The van der Waals surface area contributed by atoms with E-state index in [4.69, 9.17) is 0 Å². The lowest BCUT2D eigenvalue weighted by Crippen LogP contribution is -2.41. The first-order valence-electron chi connectivity index (χ1n) is 12.6. The molecule has 0 aliphatic rings. The molecule has 15 heteroatoms. The van der Waals surface area contributed by atoms with E-state index in [2.05, 4.69) is 20.5 Å². The van der Waals surface area contributed by atoms with Crippen molar-refractivity contribution in [3.05, 3.63) is 135 Å². The predicted molar refractivity (Wildman–Crippen MR) is 149 cm³/mol. The Balaban J connectivity index is 1.33. The van der Waals surface area contributed by atoms with Crippen LogP contribution in [0.5, 0.6) is 0 Å². The van der Waals surface area contributed by atoms with Crippen molar-refractivity contribution in [1.82, 2.24) is 29.1 Å². The second-order valence-electron chi connectivity index (χ2n) is 9.38. The van der Waals surface area contributed by atoms with Crippen molar-refractivity contribution in [3.63, 3.8) is 0 Å². The number of hydrogen-bond donors (Lipinski definition) is 2. The average molecular weight is 589 g/mol. The van der Waals surface area contributed by atoms with Gasteiger partial charge in [-0.25, -0.2) is 32.5 Å². The number of halogens is 2. The molecule has 0 bridgehead atoms. The van der Waals surface area contributed by atoms with Crippen LogP contribution >= 0.6 is 0 Å². The molecule has 0 fully saturated rings. The van der Waals surface area contributed by atoms with E-state index in [1.54, 1.807) is 6.07 Å². The molecule has 2 aromatic heterocycles. The lowest BCUT2D eigenvalue weighted by atomic mass is 9.93. The molecule has 0 aliphatic carbocycles. The highest BCUT2D eigenvalue weighted by Gasteiger charge is 2.35. The van der Waals surface area contributed by atoms with Crippen molar-refractivity contribution in [2.45, 2.75) is 18.7 Å². The van der Waals surface area contributed by atoms with E-state index in [0.29, 0.717) is 17.4 Å². The molecule has 43 heavy (non-hydrogen) atoms. The van der Waals surface area contributed by atoms with Gasteiger partial charge in [0.2, 0.25) is 5.91 Å². The number of nitro groups is 1. The quantitative estimate of drug-likeness (QED) is 0.143. The van der Waals surface area contributed by atoms with Crippen LogP contribution in [-0.4, -0.2) is 45.0 Å². The summed E-state index contributed by atoms with van der Waals surface area (Å²) in [6, 6.07) is 14.8. The number of carbonyl (C=O) groups excluding carboxylic acids is 1. The van der Waals surface area contributed by atoms with Gasteiger partial charge in [-0.05, 0) is 42.5 Å². The van der Waals surface area contributed by atoms with Crippen LogP contribution in [0.1, 0.15) is 11.1 Å². The van der Waals surface area contributed by atoms with Crippen LogP contribution in [0.15, 0.2) is 96.6 Å². The SMILES string of the molecule is O=C(/C=C/c1ccccc1[N+](=O)[O-])Nc1ccc(-n2cnn(CC(O)(Cn3cncn3)c3ccc(F)cc3F)c2=O)cc1. The minimum absolute atomic E-state index is 0.137. The molecule has 0 saturated heterocycles. The first kappa shape index (κ1) is 28.7. The number of nitrogens with zero attached hydrogens (tertiary/aromatic N) is 7. The summed E-state index contributed by atoms with van der Waals surface area (Å²) in [4.78, 5) is 40.0. The molecule has 1 amide bonds. The number of anilines is 1. The maximum Gasteiger partial charge on any atom is 0.350 e. The number of hydrogen-bond acceptors (Lipinski definition) is 8. The zero-order valence-electron chi connectivity index (χ0n) is 22.1. The summed E-state index contributed by atoms with van der Waals surface area (Å²) in [7, 11) is 0. The monoisotopic (exact) mass is 588 g/mol. The third-order valence-corrected chi connectivity index (χ3v) is 6.43. The Kier molecular flexibility index (Phi) is 7.98. The number of nitrogens with one attached hydrogen (secondary N) is 1. The number of nitro benzene ring substituents is 1. The van der Waals surface area contributed by atoms with Crippen LogP contribution < -0.4 is 11.0 Å². The number of aliphatic hydroxyl groups is 1. The normalized spacial score (nSPS) is 12.7. The summed E-state index contributed by atoms with van der Waals surface area (Å²) in [5, 5.41) is 33.3. The van der Waals surface area contributed by atoms with Gasteiger partial charge in [0.25, 0.3) is 5.69 Å². The Morgan fingerprint density at radius 1 is 1.05 bits per heavy atom. The van der Waals surface area contributed by atoms with Gasteiger partial charge in [-0.3, -0.25) is 14.9 Å². The van der Waals surface area contributed by atoms with Crippen molar-refractivity contribution < 1.29 is 23.6 Å². The Labute approximate surface area is 241 Å². The van der Waals surface area contributed by atoms with E-state index in [-0.39, 0.29) is 23.4 Å². The van der Waals surface area contributed by atoms with Crippen LogP contribution in [0.2, 0.25) is 0 Å². The van der Waals surface area contributed by atoms with Crippen LogP contribution in [0, 0.1) is 21.7 Å². The first-order chi connectivity index (χ1) is 20.6. The summed E-state index contributed by atoms with van der Waals surface area (Å²) in [6.07, 6.45) is 6.23. The predicted octanol–water partition coefficient (Wildman–Crippen LogP) is 3.05. The molecule has 2 heterocycles. The largest absolute Gasteiger partial charge is 0.381 e. The van der Waals surface area contributed by atoms with Crippen LogP contribution in [0.4, 0.5) is 20.2 Å². The second kappa shape index (κ2) is 12.0. The molecule has 3 aromatic carbocycles. The molecule has 0 radical (unpaired) electrons. The van der Waals surface area contributed by atoms with Crippen molar-refractivity contribution >= 4 is 23.4 Å². The Morgan fingerprint density at radius 3 is 2.51 bits per heavy atom. The summed E-state index contributed by atoms with van der Waals surface area (Å²) >= 11 is 0. The molecule has 2 N–H and O–H groups in total. The molecule has 5 rings (SSSR count). The van der Waals surface area contributed by atoms with E-state index >= 15 is 0 Å². The topological polar surface area (TPSA) is 163 Å². The number of aromatic nitrogens is 6. The first-order valence-corrected chi connectivity index (χ1v) is 12.6. The standard InChI is InChI=1S/C28H22F2N8O5/c29-20-6-11-23(24(30)13-20)28(41,14-35-17-31-16-32-35)15-37-27(40)36(18-33-37)22-9-7-21(8-10-22)34-26(39)12-5-19-3-1-2-4-25(19)38(42)43/h1-13,16-18,41H,14-15H2,(H,34,39)/b12-5+. The average Bonchev–Trinajstić information content (AvgIpc) is 3.61. The van der Waals surface area contributed by atoms with Crippen molar-refractivity contribution in [2.24, 2.45) is 0 Å². The van der Waals surface area contributed by atoms with Gasteiger partial charge in [-0.1, -0.05) is 18.2 Å². The Morgan fingerprint density at radius 2 is 1.81 bits per heavy atom. The van der Waals surface area contributed by atoms with E-state index in [9.17, 15) is 33.6 Å². The van der Waals surface area contributed by atoms with E-state index in [0.717, 1.165) is 22.9 Å². The molecular weight excluding hydrogens is 566 g/mol. The smallest absolute Gasteiger partial charge is 0.350 e. The summed E-state index contributed by atoms with van der Waals surface area (Å²) < 4.78 is 31.7. The highest BCUT2D eigenvalue weighted by molar-refractivity contribution is 6.02. The van der Waals surface area contributed by atoms with Gasteiger partial charge in [-0.2, -0.15) is 10.2 Å². The minimum atomic E-state index is -2.06. The van der Waals surface area contributed by atoms with Crippen molar-refractivity contribution in [1.29, 1.82) is 0 Å². The zero-order chi connectivity index (χ0) is 30.6. The van der Waals surface area contributed by atoms with Crippen molar-refractivity contribution in [3.8, 4) is 5.69 Å². The third-order valence-electron chi connectivity index (χ3n) is 6.43. The molecule has 1 unspecified atom stereocenters. The van der Waals surface area contributed by atoms with E-state index in [1.807, 2.05) is 0 Å². The fourth-order valence-electron chi connectivity index (χ4n) is 4.39. The fraction of sp³-hybridized carbons (Fsp3) is 0.107. The number of rotatable bonds is 10. The lowest BCUT2D eigenvalue weighted by Gasteiger charge is -2.28. The van der Waals surface area contributed by atoms with Gasteiger partial charge >= 0.3 is 5.69 Å². The summed E-state index contributed by atoms with van der Waals surface area (Å²) in [5.74, 6) is -2.37. The van der Waals surface area contributed by atoms with Crippen LogP contribution in [0.3, 0.4) is 0 Å². The Bertz CT molecular complexity index is 1870. The van der Waals surface area contributed by atoms with Gasteiger partial charge in [0, 0.05) is 29.5 Å². The van der Waals surface area contributed by atoms with Crippen LogP contribution in [-0.2, 0) is 23.5 Å². The molecule has 0 spiro atoms. The van der Waals surface area contributed by atoms with Gasteiger partial charge in [0.15, 0.2) is 0 Å². The van der Waals surface area contributed by atoms with Gasteiger partial charge in [-0.15, -0.1) is 0 Å². The van der Waals surface area contributed by atoms with Gasteiger partial charge in [0.1, 0.15) is 36.2 Å². The highest BCUT2D eigenvalue weighted by Crippen LogP contribution is 2.28. The number of amides is 1. The molecule has 5 aromatic rings. The maximum atomic E-state index is 14.7. The molecule has 1 atom stereocenters. The number of para-hydroxylation sites is 1. The van der Waals surface area contributed by atoms with Crippen molar-refractivity contribution in [2.75, 3.05) is 5.32 Å². The second-order valence-corrected chi connectivity index (χ2v) is 9.38. The summed E-state index contributed by atoms with van der Waals surface area (Å²) in [5.41, 5.74) is -2.10. The maximum absolute atomic E-state index is 14.7.